The molecule has 0 aromatic heterocycles. The summed E-state index contributed by atoms with van der Waals surface area (Å²) in [5, 5.41) is 2.83. The van der Waals surface area contributed by atoms with Gasteiger partial charge < -0.3 is 5.32 Å². The number of benzene rings is 1. The van der Waals surface area contributed by atoms with Gasteiger partial charge in [-0.25, -0.2) is 0 Å². The summed E-state index contributed by atoms with van der Waals surface area (Å²) >= 11 is 13.7. The number of halogens is 3. The Morgan fingerprint density at radius 1 is 1.44 bits per heavy atom. The molecule has 0 heterocycles. The summed E-state index contributed by atoms with van der Waals surface area (Å²) in [6.45, 7) is 1.82. The van der Waals surface area contributed by atoms with Crippen LogP contribution in [0.25, 0.3) is 0 Å². The fourth-order valence-corrected chi connectivity index (χ4v) is 2.04. The van der Waals surface area contributed by atoms with Crippen LogP contribution in [0, 0.1) is 3.57 Å². The van der Waals surface area contributed by atoms with Gasteiger partial charge >= 0.3 is 0 Å². The third kappa shape index (κ3) is 3.79. The van der Waals surface area contributed by atoms with E-state index in [1.807, 2.05) is 25.1 Å². The van der Waals surface area contributed by atoms with Gasteiger partial charge in [0, 0.05) is 20.9 Å². The lowest BCUT2D eigenvalue weighted by atomic mass is 10.1. The van der Waals surface area contributed by atoms with Gasteiger partial charge in [-0.1, -0.05) is 6.07 Å². The number of amides is 1. The Morgan fingerprint density at radius 2 is 2.06 bits per heavy atom. The van der Waals surface area contributed by atoms with Crippen LogP contribution in [0.1, 0.15) is 17.3 Å². The second-order valence-electron chi connectivity index (χ2n) is 3.79. The Balaban J connectivity index is 2.80. The minimum absolute atomic E-state index is 0.151. The molecule has 1 rings (SSSR count). The Kier molecular flexibility index (Phi) is 5.34. The molecule has 0 unspecified atom stereocenters. The van der Waals surface area contributed by atoms with Crippen LogP contribution in [-0.4, -0.2) is 23.2 Å². The van der Waals surface area contributed by atoms with Crippen molar-refractivity contribution in [3.8, 4) is 0 Å². The zero-order chi connectivity index (χ0) is 12.2. The number of hydrogen-bond donors (Lipinski definition) is 1. The normalized spacial score (nSPS) is 11.2. The summed E-state index contributed by atoms with van der Waals surface area (Å²) in [6.07, 6.45) is 0. The number of nitrogens with one attached hydrogen (secondary N) is 1. The van der Waals surface area contributed by atoms with Gasteiger partial charge in [-0.3, -0.25) is 4.79 Å². The van der Waals surface area contributed by atoms with E-state index in [0.29, 0.717) is 5.56 Å². The van der Waals surface area contributed by atoms with Crippen molar-refractivity contribution >= 4 is 51.7 Å². The van der Waals surface area contributed by atoms with Crippen LogP contribution in [0.2, 0.25) is 0 Å². The average Bonchev–Trinajstić information content (AvgIpc) is 2.29. The van der Waals surface area contributed by atoms with E-state index in [4.69, 9.17) is 23.2 Å². The van der Waals surface area contributed by atoms with E-state index in [1.54, 1.807) is 6.07 Å². The van der Waals surface area contributed by atoms with Gasteiger partial charge in [-0.15, -0.1) is 23.2 Å². The predicted molar refractivity (Wildman–Crippen MR) is 76.5 cm³/mol. The van der Waals surface area contributed by atoms with Crippen LogP contribution in [0.3, 0.4) is 0 Å². The second-order valence-corrected chi connectivity index (χ2v) is 5.57. The molecule has 1 aromatic carbocycles. The molecule has 88 valence electrons. The first-order chi connectivity index (χ1) is 7.50. The number of hydrogen-bond acceptors (Lipinski definition) is 1. The van der Waals surface area contributed by atoms with Crippen molar-refractivity contribution in [2.24, 2.45) is 0 Å². The number of carbonyl (C=O) groups excluding carboxylic acids is 1. The van der Waals surface area contributed by atoms with Crippen LogP contribution >= 0.6 is 45.8 Å². The van der Waals surface area contributed by atoms with Crippen LogP contribution in [0.5, 0.6) is 0 Å². The summed E-state index contributed by atoms with van der Waals surface area (Å²) in [4.78, 5) is 11.9. The summed E-state index contributed by atoms with van der Waals surface area (Å²) in [7, 11) is 0. The van der Waals surface area contributed by atoms with Crippen molar-refractivity contribution < 1.29 is 4.79 Å². The third-order valence-corrected chi connectivity index (χ3v) is 3.94. The third-order valence-electron chi connectivity index (χ3n) is 2.09. The molecule has 5 heteroatoms. The van der Waals surface area contributed by atoms with E-state index in [1.165, 1.54) is 0 Å². The van der Waals surface area contributed by atoms with Gasteiger partial charge in [0.1, 0.15) is 0 Å². The molecular weight excluding hydrogens is 360 g/mol. The van der Waals surface area contributed by atoms with Crippen molar-refractivity contribution in [3.05, 3.63) is 33.4 Å². The molecular formula is C11H12Cl2INO. The molecule has 16 heavy (non-hydrogen) atoms. The minimum atomic E-state index is -0.568. The molecule has 0 fully saturated rings. The van der Waals surface area contributed by atoms with Crippen LogP contribution in [0.4, 0.5) is 0 Å². The van der Waals surface area contributed by atoms with Crippen molar-refractivity contribution in [2.75, 3.05) is 11.8 Å². The zero-order valence-corrected chi connectivity index (χ0v) is 12.4. The SMILES string of the molecule is CC(CCl)(CCl)NC(=O)c1cccc(I)c1. The van der Waals surface area contributed by atoms with Crippen molar-refractivity contribution in [2.45, 2.75) is 12.5 Å². The first-order valence-electron chi connectivity index (χ1n) is 4.71. The van der Waals surface area contributed by atoms with Crippen LogP contribution < -0.4 is 5.32 Å². The summed E-state index contributed by atoms with van der Waals surface area (Å²) in [5.74, 6) is 0.417. The Labute approximate surface area is 119 Å². The largest absolute Gasteiger partial charge is 0.344 e. The highest BCUT2D eigenvalue weighted by molar-refractivity contribution is 14.1. The molecule has 0 atom stereocenters. The summed E-state index contributed by atoms with van der Waals surface area (Å²) in [5.41, 5.74) is 0.0509. The van der Waals surface area contributed by atoms with Crippen molar-refractivity contribution in [3.63, 3.8) is 0 Å². The van der Waals surface area contributed by atoms with E-state index >= 15 is 0 Å². The fraction of sp³-hybridized carbons (Fsp3) is 0.364. The quantitative estimate of drug-likeness (QED) is 0.638. The second kappa shape index (κ2) is 6.07. The molecule has 0 spiro atoms. The van der Waals surface area contributed by atoms with Crippen molar-refractivity contribution in [1.82, 2.24) is 5.32 Å². The van der Waals surface area contributed by atoms with E-state index in [-0.39, 0.29) is 17.7 Å². The molecule has 0 aliphatic carbocycles. The highest BCUT2D eigenvalue weighted by Crippen LogP contribution is 2.12. The lowest BCUT2D eigenvalue weighted by Gasteiger charge is -2.25. The number of alkyl halides is 2. The average molecular weight is 372 g/mol. The minimum Gasteiger partial charge on any atom is -0.344 e. The molecule has 0 radical (unpaired) electrons. The smallest absolute Gasteiger partial charge is 0.251 e. The molecule has 1 aromatic rings. The molecule has 0 bridgehead atoms. The van der Waals surface area contributed by atoms with Gasteiger partial charge in [0.05, 0.1) is 5.54 Å². The molecule has 0 saturated carbocycles. The maximum absolute atomic E-state index is 11.9. The van der Waals surface area contributed by atoms with E-state index in [9.17, 15) is 4.79 Å². The molecule has 0 aliphatic heterocycles. The maximum atomic E-state index is 11.9. The molecule has 1 N–H and O–H groups in total. The Morgan fingerprint density at radius 3 is 2.56 bits per heavy atom. The van der Waals surface area contributed by atoms with E-state index in [2.05, 4.69) is 27.9 Å². The Hall–Kier alpha value is -0.000000000000000111. The topological polar surface area (TPSA) is 29.1 Å². The van der Waals surface area contributed by atoms with E-state index in [0.717, 1.165) is 3.57 Å². The first-order valence-corrected chi connectivity index (χ1v) is 6.85. The molecule has 0 aliphatic rings. The van der Waals surface area contributed by atoms with Gasteiger partial charge in [-0.05, 0) is 47.7 Å². The fourth-order valence-electron chi connectivity index (χ4n) is 1.08. The predicted octanol–water partition coefficient (Wildman–Crippen LogP) is 3.26. The van der Waals surface area contributed by atoms with Gasteiger partial charge in [-0.2, -0.15) is 0 Å². The van der Waals surface area contributed by atoms with E-state index < -0.39 is 5.54 Å². The standard InChI is InChI=1S/C11H12Cl2INO/c1-11(6-12,7-13)15-10(16)8-3-2-4-9(14)5-8/h2-5H,6-7H2,1H3,(H,15,16). The maximum Gasteiger partial charge on any atom is 0.251 e. The number of rotatable bonds is 4. The summed E-state index contributed by atoms with van der Waals surface area (Å²) in [6, 6.07) is 7.36. The molecule has 1 amide bonds. The first kappa shape index (κ1) is 14.1. The van der Waals surface area contributed by atoms with Gasteiger partial charge in [0.15, 0.2) is 0 Å². The van der Waals surface area contributed by atoms with Crippen LogP contribution in [0.15, 0.2) is 24.3 Å². The monoisotopic (exact) mass is 371 g/mol. The van der Waals surface area contributed by atoms with Gasteiger partial charge in [0.25, 0.3) is 5.91 Å². The molecule has 0 saturated heterocycles. The molecule has 2 nitrogen and oxygen atoms in total. The highest BCUT2D eigenvalue weighted by Gasteiger charge is 2.24. The van der Waals surface area contributed by atoms with Crippen LogP contribution in [-0.2, 0) is 0 Å². The zero-order valence-electron chi connectivity index (χ0n) is 8.77. The Bertz CT molecular complexity index is 380. The number of carbonyl (C=O) groups is 1. The van der Waals surface area contributed by atoms with Crippen molar-refractivity contribution in [1.29, 1.82) is 0 Å². The van der Waals surface area contributed by atoms with Gasteiger partial charge in [0.2, 0.25) is 0 Å². The highest BCUT2D eigenvalue weighted by atomic mass is 127. The lowest BCUT2D eigenvalue weighted by molar-refractivity contribution is 0.0921. The summed E-state index contributed by atoms with van der Waals surface area (Å²) < 4.78 is 1.02. The lowest BCUT2D eigenvalue weighted by Crippen LogP contribution is -2.49.